The molecular formula is C15H25NO. The minimum atomic E-state index is 0.571. The standard InChI is InChI=1S/C15H25NO/c1-5-13-9-15(17-11-12(3)4)8-7-14(13)10-16-6-2/h7-9,12,16H,5-6,10-11H2,1-4H3. The number of hydrogen-bond acceptors (Lipinski definition) is 2. The monoisotopic (exact) mass is 235 g/mol. The van der Waals surface area contributed by atoms with Gasteiger partial charge in [0.25, 0.3) is 0 Å². The van der Waals surface area contributed by atoms with Crippen molar-refractivity contribution in [3.63, 3.8) is 0 Å². The summed E-state index contributed by atoms with van der Waals surface area (Å²) in [5.41, 5.74) is 2.76. The first-order chi connectivity index (χ1) is 8.17. The van der Waals surface area contributed by atoms with Gasteiger partial charge >= 0.3 is 0 Å². The topological polar surface area (TPSA) is 21.3 Å². The Morgan fingerprint density at radius 3 is 2.53 bits per heavy atom. The number of benzene rings is 1. The molecule has 17 heavy (non-hydrogen) atoms. The molecule has 1 rings (SSSR count). The Hall–Kier alpha value is -1.02. The number of aryl methyl sites for hydroxylation is 1. The predicted octanol–water partition coefficient (Wildman–Crippen LogP) is 3.39. The lowest BCUT2D eigenvalue weighted by atomic mass is 10.0. The van der Waals surface area contributed by atoms with E-state index >= 15 is 0 Å². The lowest BCUT2D eigenvalue weighted by Gasteiger charge is -2.13. The summed E-state index contributed by atoms with van der Waals surface area (Å²) in [7, 11) is 0. The smallest absolute Gasteiger partial charge is 0.119 e. The first-order valence-corrected chi connectivity index (χ1v) is 6.62. The van der Waals surface area contributed by atoms with E-state index in [1.807, 2.05) is 0 Å². The molecule has 0 unspecified atom stereocenters. The van der Waals surface area contributed by atoms with Crippen LogP contribution in [0.4, 0.5) is 0 Å². The Labute approximate surface area is 105 Å². The van der Waals surface area contributed by atoms with Crippen LogP contribution in [-0.2, 0) is 13.0 Å². The van der Waals surface area contributed by atoms with Gasteiger partial charge in [-0.15, -0.1) is 0 Å². The number of nitrogens with one attached hydrogen (secondary N) is 1. The molecule has 0 atom stereocenters. The summed E-state index contributed by atoms with van der Waals surface area (Å²) in [4.78, 5) is 0. The fourth-order valence-corrected chi connectivity index (χ4v) is 1.72. The summed E-state index contributed by atoms with van der Waals surface area (Å²) in [6, 6.07) is 6.43. The number of rotatable bonds is 7. The molecule has 96 valence electrons. The van der Waals surface area contributed by atoms with Crippen LogP contribution in [0.1, 0.15) is 38.8 Å². The molecule has 0 saturated carbocycles. The summed E-state index contributed by atoms with van der Waals surface area (Å²) in [5, 5.41) is 3.37. The molecule has 0 fully saturated rings. The third-order valence-electron chi connectivity index (χ3n) is 2.71. The molecule has 0 bridgehead atoms. The summed E-state index contributed by atoms with van der Waals surface area (Å²) < 4.78 is 5.75. The predicted molar refractivity (Wildman–Crippen MR) is 73.5 cm³/mol. The lowest BCUT2D eigenvalue weighted by Crippen LogP contribution is -2.13. The van der Waals surface area contributed by atoms with Crippen LogP contribution in [-0.4, -0.2) is 13.2 Å². The quantitative estimate of drug-likeness (QED) is 0.782. The second-order valence-electron chi connectivity index (χ2n) is 4.77. The average molecular weight is 235 g/mol. The maximum Gasteiger partial charge on any atom is 0.119 e. The molecule has 0 heterocycles. The lowest BCUT2D eigenvalue weighted by molar-refractivity contribution is 0.271. The van der Waals surface area contributed by atoms with Crippen molar-refractivity contribution in [1.29, 1.82) is 0 Å². The van der Waals surface area contributed by atoms with Crippen molar-refractivity contribution in [3.8, 4) is 5.75 Å². The van der Waals surface area contributed by atoms with Gasteiger partial charge in [-0.3, -0.25) is 0 Å². The second-order valence-corrected chi connectivity index (χ2v) is 4.77. The first-order valence-electron chi connectivity index (χ1n) is 6.62. The normalized spacial score (nSPS) is 10.9. The zero-order chi connectivity index (χ0) is 12.7. The molecule has 0 spiro atoms. The second kappa shape index (κ2) is 7.33. The first kappa shape index (κ1) is 14.0. The van der Waals surface area contributed by atoms with Gasteiger partial charge in [-0.1, -0.05) is 33.8 Å². The van der Waals surface area contributed by atoms with E-state index in [2.05, 4.69) is 51.2 Å². The minimum absolute atomic E-state index is 0.571. The molecule has 0 aliphatic rings. The molecule has 0 radical (unpaired) electrons. The molecule has 0 aliphatic heterocycles. The Morgan fingerprint density at radius 2 is 1.94 bits per heavy atom. The zero-order valence-corrected chi connectivity index (χ0v) is 11.5. The molecule has 0 amide bonds. The molecule has 1 N–H and O–H groups in total. The Morgan fingerprint density at radius 1 is 1.18 bits per heavy atom. The van der Waals surface area contributed by atoms with Gasteiger partial charge in [-0.05, 0) is 42.1 Å². The molecule has 0 aromatic heterocycles. The van der Waals surface area contributed by atoms with E-state index in [1.165, 1.54) is 11.1 Å². The van der Waals surface area contributed by atoms with Crippen LogP contribution < -0.4 is 10.1 Å². The fraction of sp³-hybridized carbons (Fsp3) is 0.600. The highest BCUT2D eigenvalue weighted by molar-refractivity contribution is 5.35. The molecule has 0 aliphatic carbocycles. The van der Waals surface area contributed by atoms with Crippen LogP contribution in [0.25, 0.3) is 0 Å². The van der Waals surface area contributed by atoms with E-state index in [0.29, 0.717) is 5.92 Å². The van der Waals surface area contributed by atoms with Crippen molar-refractivity contribution in [2.75, 3.05) is 13.2 Å². The van der Waals surface area contributed by atoms with E-state index in [9.17, 15) is 0 Å². The van der Waals surface area contributed by atoms with E-state index in [4.69, 9.17) is 4.74 Å². The van der Waals surface area contributed by atoms with E-state index in [0.717, 1.165) is 31.9 Å². The maximum absolute atomic E-state index is 5.75. The third kappa shape index (κ3) is 4.78. The van der Waals surface area contributed by atoms with Gasteiger partial charge in [0.05, 0.1) is 6.61 Å². The molecule has 2 heteroatoms. The van der Waals surface area contributed by atoms with Crippen LogP contribution >= 0.6 is 0 Å². The van der Waals surface area contributed by atoms with Crippen LogP contribution in [0.15, 0.2) is 18.2 Å². The highest BCUT2D eigenvalue weighted by atomic mass is 16.5. The zero-order valence-electron chi connectivity index (χ0n) is 11.5. The Kier molecular flexibility index (Phi) is 6.06. The highest BCUT2D eigenvalue weighted by Gasteiger charge is 2.03. The molecule has 0 saturated heterocycles. The molecule has 1 aromatic rings. The van der Waals surface area contributed by atoms with Crippen molar-refractivity contribution < 1.29 is 4.74 Å². The molecule has 2 nitrogen and oxygen atoms in total. The number of hydrogen-bond donors (Lipinski definition) is 1. The van der Waals surface area contributed by atoms with Crippen molar-refractivity contribution >= 4 is 0 Å². The van der Waals surface area contributed by atoms with Gasteiger partial charge in [-0.25, -0.2) is 0 Å². The summed E-state index contributed by atoms with van der Waals surface area (Å²) in [6.07, 6.45) is 1.06. The van der Waals surface area contributed by atoms with Crippen molar-refractivity contribution in [3.05, 3.63) is 29.3 Å². The van der Waals surface area contributed by atoms with Crippen LogP contribution in [0.5, 0.6) is 5.75 Å². The van der Waals surface area contributed by atoms with Gasteiger partial charge in [0.15, 0.2) is 0 Å². The van der Waals surface area contributed by atoms with Gasteiger partial charge < -0.3 is 10.1 Å². The summed E-state index contributed by atoms with van der Waals surface area (Å²) in [6.45, 7) is 11.4. The van der Waals surface area contributed by atoms with Crippen molar-refractivity contribution in [1.82, 2.24) is 5.32 Å². The summed E-state index contributed by atoms with van der Waals surface area (Å²) >= 11 is 0. The molecule has 1 aromatic carbocycles. The van der Waals surface area contributed by atoms with Crippen LogP contribution in [0, 0.1) is 5.92 Å². The van der Waals surface area contributed by atoms with Crippen LogP contribution in [0.3, 0.4) is 0 Å². The number of ether oxygens (including phenoxy) is 1. The fourth-order valence-electron chi connectivity index (χ4n) is 1.72. The van der Waals surface area contributed by atoms with E-state index in [1.54, 1.807) is 0 Å². The Balaban J connectivity index is 2.70. The largest absolute Gasteiger partial charge is 0.493 e. The van der Waals surface area contributed by atoms with Gasteiger partial charge in [0.1, 0.15) is 5.75 Å². The average Bonchev–Trinajstić information content (AvgIpc) is 2.34. The van der Waals surface area contributed by atoms with Gasteiger partial charge in [-0.2, -0.15) is 0 Å². The van der Waals surface area contributed by atoms with Gasteiger partial charge in [0.2, 0.25) is 0 Å². The highest BCUT2D eigenvalue weighted by Crippen LogP contribution is 2.19. The minimum Gasteiger partial charge on any atom is -0.493 e. The van der Waals surface area contributed by atoms with Crippen LogP contribution in [0.2, 0.25) is 0 Å². The van der Waals surface area contributed by atoms with E-state index < -0.39 is 0 Å². The van der Waals surface area contributed by atoms with Crippen molar-refractivity contribution in [2.24, 2.45) is 5.92 Å². The summed E-state index contributed by atoms with van der Waals surface area (Å²) in [5.74, 6) is 1.57. The van der Waals surface area contributed by atoms with Crippen molar-refractivity contribution in [2.45, 2.75) is 40.7 Å². The van der Waals surface area contributed by atoms with E-state index in [-0.39, 0.29) is 0 Å². The third-order valence-corrected chi connectivity index (χ3v) is 2.71. The maximum atomic E-state index is 5.75. The van der Waals surface area contributed by atoms with Gasteiger partial charge in [0, 0.05) is 6.54 Å². The Bertz CT molecular complexity index is 334. The molecular weight excluding hydrogens is 210 g/mol. The SMILES string of the molecule is CCNCc1ccc(OCC(C)C)cc1CC.